The Labute approximate surface area is 206 Å². The van der Waals surface area contributed by atoms with Gasteiger partial charge < -0.3 is 10.1 Å². The SMILES string of the molecule is C=N/C(=C\c1c(C)c(-c2cnn(C)c2)nn1C1CCC(Oc2ccccc2S(C)(=O)=O)CC1)NC. The number of hydrogen-bond donors (Lipinski definition) is 1. The van der Waals surface area contributed by atoms with Crippen molar-refractivity contribution in [1.82, 2.24) is 24.9 Å². The quantitative estimate of drug-likeness (QED) is 0.476. The van der Waals surface area contributed by atoms with Crippen molar-refractivity contribution in [2.24, 2.45) is 12.0 Å². The van der Waals surface area contributed by atoms with Crippen molar-refractivity contribution in [3.63, 3.8) is 0 Å². The van der Waals surface area contributed by atoms with E-state index in [0.717, 1.165) is 48.2 Å². The molecule has 1 aliphatic rings. The van der Waals surface area contributed by atoms with Gasteiger partial charge in [0.2, 0.25) is 0 Å². The molecule has 1 aliphatic carbocycles. The van der Waals surface area contributed by atoms with Crippen molar-refractivity contribution in [3.8, 4) is 17.0 Å². The number of aryl methyl sites for hydroxylation is 1. The van der Waals surface area contributed by atoms with E-state index in [1.165, 1.54) is 6.26 Å². The smallest absolute Gasteiger partial charge is 0.179 e. The van der Waals surface area contributed by atoms with Crippen LogP contribution in [0.4, 0.5) is 0 Å². The second-order valence-electron chi connectivity index (χ2n) is 8.91. The summed E-state index contributed by atoms with van der Waals surface area (Å²) in [5, 5.41) is 12.4. The van der Waals surface area contributed by atoms with E-state index in [0.29, 0.717) is 11.6 Å². The first-order chi connectivity index (χ1) is 16.7. The Morgan fingerprint density at radius 2 is 1.97 bits per heavy atom. The number of rotatable bonds is 8. The third kappa shape index (κ3) is 5.32. The van der Waals surface area contributed by atoms with E-state index >= 15 is 0 Å². The normalized spacial score (nSPS) is 18.9. The lowest BCUT2D eigenvalue weighted by Crippen LogP contribution is -2.27. The van der Waals surface area contributed by atoms with Crippen LogP contribution in [0, 0.1) is 6.92 Å². The molecule has 3 aromatic rings. The number of aromatic nitrogens is 4. The minimum atomic E-state index is -3.36. The van der Waals surface area contributed by atoms with Gasteiger partial charge in [-0.2, -0.15) is 10.2 Å². The van der Waals surface area contributed by atoms with Crippen molar-refractivity contribution >= 4 is 22.6 Å². The average molecular weight is 497 g/mol. The van der Waals surface area contributed by atoms with Crippen LogP contribution in [0.2, 0.25) is 0 Å². The van der Waals surface area contributed by atoms with E-state index in [9.17, 15) is 8.42 Å². The molecule has 0 bridgehead atoms. The summed E-state index contributed by atoms with van der Waals surface area (Å²) in [5.74, 6) is 1.09. The first-order valence-corrected chi connectivity index (χ1v) is 13.5. The van der Waals surface area contributed by atoms with Crippen LogP contribution in [0.25, 0.3) is 17.3 Å². The van der Waals surface area contributed by atoms with Crippen molar-refractivity contribution < 1.29 is 13.2 Å². The van der Waals surface area contributed by atoms with Gasteiger partial charge in [0.15, 0.2) is 9.84 Å². The zero-order valence-corrected chi connectivity index (χ0v) is 21.4. The highest BCUT2D eigenvalue weighted by molar-refractivity contribution is 7.90. The van der Waals surface area contributed by atoms with Crippen LogP contribution >= 0.6 is 0 Å². The maximum absolute atomic E-state index is 12.1. The second kappa shape index (κ2) is 10.1. The fraction of sp³-hybridized carbons (Fsp3) is 0.400. The van der Waals surface area contributed by atoms with E-state index in [2.05, 4.69) is 33.7 Å². The molecule has 0 aliphatic heterocycles. The first kappa shape index (κ1) is 24.7. The minimum Gasteiger partial charge on any atom is -0.489 e. The Morgan fingerprint density at radius 1 is 1.26 bits per heavy atom. The molecule has 0 spiro atoms. The standard InChI is InChI=1S/C25H32N6O3S/c1-17-21(14-24(26-2)27-3)31(29-25(17)18-15-28-30(4)16-18)19-10-12-20(13-11-19)34-22-8-6-7-9-23(22)35(5,32)33/h6-9,14-16,19-20,27H,2,10-13H2,1,3-5H3/b24-14+. The molecule has 2 aromatic heterocycles. The molecule has 35 heavy (non-hydrogen) atoms. The molecule has 0 amide bonds. The number of nitrogens with one attached hydrogen (secondary N) is 1. The minimum absolute atomic E-state index is 0.0506. The maximum atomic E-state index is 12.1. The summed E-state index contributed by atoms with van der Waals surface area (Å²) >= 11 is 0. The summed E-state index contributed by atoms with van der Waals surface area (Å²) in [6, 6.07) is 7.01. The van der Waals surface area contributed by atoms with Crippen molar-refractivity contribution in [3.05, 3.63) is 53.7 Å². The van der Waals surface area contributed by atoms with E-state index < -0.39 is 9.84 Å². The van der Waals surface area contributed by atoms with Crippen LogP contribution in [0.1, 0.15) is 43.0 Å². The second-order valence-corrected chi connectivity index (χ2v) is 10.9. The van der Waals surface area contributed by atoms with E-state index in [1.807, 2.05) is 32.6 Å². The predicted molar refractivity (Wildman–Crippen MR) is 137 cm³/mol. The fourth-order valence-electron chi connectivity index (χ4n) is 4.57. The van der Waals surface area contributed by atoms with Crippen LogP contribution in [0.5, 0.6) is 5.75 Å². The van der Waals surface area contributed by atoms with Gasteiger partial charge in [-0.15, -0.1) is 0 Å². The molecule has 1 saturated carbocycles. The van der Waals surface area contributed by atoms with Crippen LogP contribution in [0.15, 0.2) is 52.4 Å². The predicted octanol–water partition coefficient (Wildman–Crippen LogP) is 3.78. The molecule has 4 rings (SSSR count). The molecule has 0 radical (unpaired) electrons. The van der Waals surface area contributed by atoms with Gasteiger partial charge in [0, 0.05) is 43.8 Å². The molecule has 10 heteroatoms. The molecule has 1 fully saturated rings. The van der Waals surface area contributed by atoms with Gasteiger partial charge in [0.1, 0.15) is 16.5 Å². The molecule has 2 heterocycles. The summed E-state index contributed by atoms with van der Waals surface area (Å²) in [6.45, 7) is 5.72. The Bertz CT molecular complexity index is 1350. The zero-order valence-electron chi connectivity index (χ0n) is 20.6. The molecule has 0 unspecified atom stereocenters. The Hall–Kier alpha value is -3.40. The topological polar surface area (TPSA) is 103 Å². The number of para-hydroxylation sites is 1. The zero-order chi connectivity index (χ0) is 25.2. The largest absolute Gasteiger partial charge is 0.489 e. The van der Waals surface area contributed by atoms with E-state index in [4.69, 9.17) is 9.84 Å². The average Bonchev–Trinajstić information content (AvgIpc) is 3.40. The third-order valence-electron chi connectivity index (χ3n) is 6.40. The van der Waals surface area contributed by atoms with Gasteiger partial charge in [-0.05, 0) is 51.5 Å². The molecular weight excluding hydrogens is 464 g/mol. The number of aliphatic imine (C=N–C) groups is 1. The fourth-order valence-corrected chi connectivity index (χ4v) is 5.38. The van der Waals surface area contributed by atoms with Crippen molar-refractivity contribution in [2.45, 2.75) is 49.6 Å². The van der Waals surface area contributed by atoms with Gasteiger partial charge in [0.25, 0.3) is 0 Å². The van der Waals surface area contributed by atoms with Crippen LogP contribution in [-0.4, -0.2) is 54.1 Å². The molecule has 0 saturated heterocycles. The Balaban J connectivity index is 1.59. The Morgan fingerprint density at radius 3 is 2.57 bits per heavy atom. The van der Waals surface area contributed by atoms with Gasteiger partial charge >= 0.3 is 0 Å². The highest BCUT2D eigenvalue weighted by atomic mass is 32.2. The van der Waals surface area contributed by atoms with Gasteiger partial charge in [-0.3, -0.25) is 9.36 Å². The molecule has 1 N–H and O–H groups in total. The van der Waals surface area contributed by atoms with Gasteiger partial charge in [0.05, 0.1) is 29.7 Å². The van der Waals surface area contributed by atoms with Crippen LogP contribution < -0.4 is 10.1 Å². The molecule has 186 valence electrons. The molecule has 1 aromatic carbocycles. The number of benzene rings is 1. The lowest BCUT2D eigenvalue weighted by Gasteiger charge is -2.30. The Kier molecular flexibility index (Phi) is 7.11. The lowest BCUT2D eigenvalue weighted by molar-refractivity contribution is 0.126. The van der Waals surface area contributed by atoms with Gasteiger partial charge in [-0.1, -0.05) is 12.1 Å². The number of nitrogens with zero attached hydrogens (tertiary/aromatic N) is 5. The number of hydrogen-bond acceptors (Lipinski definition) is 7. The summed E-state index contributed by atoms with van der Waals surface area (Å²) < 4.78 is 34.3. The number of sulfone groups is 1. The maximum Gasteiger partial charge on any atom is 0.179 e. The van der Waals surface area contributed by atoms with Gasteiger partial charge in [-0.25, -0.2) is 13.4 Å². The summed E-state index contributed by atoms with van der Waals surface area (Å²) in [4.78, 5) is 4.31. The first-order valence-electron chi connectivity index (χ1n) is 11.6. The third-order valence-corrected chi connectivity index (χ3v) is 7.54. The summed E-state index contributed by atoms with van der Waals surface area (Å²) in [7, 11) is 0.345. The lowest BCUT2D eigenvalue weighted by atomic mass is 9.92. The number of ether oxygens (including phenoxy) is 1. The molecule has 9 nitrogen and oxygen atoms in total. The van der Waals surface area contributed by atoms with Crippen LogP contribution in [-0.2, 0) is 16.9 Å². The van der Waals surface area contributed by atoms with Crippen molar-refractivity contribution in [1.29, 1.82) is 0 Å². The highest BCUT2D eigenvalue weighted by Gasteiger charge is 2.28. The highest BCUT2D eigenvalue weighted by Crippen LogP contribution is 2.36. The van der Waals surface area contributed by atoms with Crippen LogP contribution in [0.3, 0.4) is 0 Å². The summed E-state index contributed by atoms with van der Waals surface area (Å²) in [6.07, 6.45) is 10.2. The molecule has 0 atom stereocenters. The molecular formula is C25H32N6O3S. The van der Waals surface area contributed by atoms with E-state index in [-0.39, 0.29) is 17.0 Å². The summed E-state index contributed by atoms with van der Waals surface area (Å²) in [5.41, 5.74) is 3.89. The van der Waals surface area contributed by atoms with Crippen molar-refractivity contribution in [2.75, 3.05) is 13.3 Å². The van der Waals surface area contributed by atoms with E-state index in [1.54, 1.807) is 28.9 Å². The monoisotopic (exact) mass is 496 g/mol.